The number of carbonyl (C=O) groups is 2. The van der Waals surface area contributed by atoms with Gasteiger partial charge in [-0.15, -0.1) is 0 Å². The zero-order chi connectivity index (χ0) is 22.0. The number of hydrogen-bond donors (Lipinski definition) is 0. The summed E-state index contributed by atoms with van der Waals surface area (Å²) in [6, 6.07) is 13.9. The van der Waals surface area contributed by atoms with E-state index in [0.29, 0.717) is 22.8 Å². The number of aryl methyl sites for hydroxylation is 2. The molecular formula is C26H29NO3. The molecular weight excluding hydrogens is 374 g/mol. The van der Waals surface area contributed by atoms with E-state index >= 15 is 0 Å². The van der Waals surface area contributed by atoms with Gasteiger partial charge < -0.3 is 4.74 Å². The van der Waals surface area contributed by atoms with Gasteiger partial charge >= 0.3 is 5.97 Å². The molecule has 156 valence electrons. The molecule has 0 aliphatic carbocycles. The number of nitrogens with zero attached hydrogens (tertiary/aromatic N) is 1. The minimum atomic E-state index is -0.472. The van der Waals surface area contributed by atoms with Gasteiger partial charge in [0.15, 0.2) is 0 Å². The number of rotatable bonds is 5. The SMILES string of the molecule is CCOC(=O)C1=C(C)N(c2ccc(C)c(C)c2)C(=O)/C1=C\c1ccc(C(C)C)cc1. The van der Waals surface area contributed by atoms with Crippen molar-refractivity contribution in [1.82, 2.24) is 0 Å². The number of benzene rings is 2. The van der Waals surface area contributed by atoms with Gasteiger partial charge in [0.1, 0.15) is 0 Å². The summed E-state index contributed by atoms with van der Waals surface area (Å²) in [4.78, 5) is 27.8. The lowest BCUT2D eigenvalue weighted by molar-refractivity contribution is -0.138. The lowest BCUT2D eigenvalue weighted by Gasteiger charge is -2.19. The van der Waals surface area contributed by atoms with Crippen LogP contribution in [0.1, 0.15) is 55.9 Å². The van der Waals surface area contributed by atoms with Crippen molar-refractivity contribution in [3.05, 3.63) is 81.6 Å². The van der Waals surface area contributed by atoms with E-state index in [0.717, 1.165) is 22.4 Å². The van der Waals surface area contributed by atoms with Crippen LogP contribution in [0.3, 0.4) is 0 Å². The second kappa shape index (κ2) is 8.70. The largest absolute Gasteiger partial charge is 0.462 e. The molecule has 2 aromatic rings. The van der Waals surface area contributed by atoms with Gasteiger partial charge in [0, 0.05) is 11.4 Å². The molecule has 0 aromatic heterocycles. The van der Waals surface area contributed by atoms with Gasteiger partial charge in [-0.2, -0.15) is 0 Å². The molecule has 4 heteroatoms. The van der Waals surface area contributed by atoms with Crippen LogP contribution in [0.4, 0.5) is 5.69 Å². The molecule has 0 N–H and O–H groups in total. The molecule has 0 bridgehead atoms. The van der Waals surface area contributed by atoms with Crippen LogP contribution in [-0.2, 0) is 14.3 Å². The van der Waals surface area contributed by atoms with Crippen molar-refractivity contribution in [1.29, 1.82) is 0 Å². The zero-order valence-electron chi connectivity index (χ0n) is 18.6. The van der Waals surface area contributed by atoms with Crippen molar-refractivity contribution in [3.63, 3.8) is 0 Å². The Balaban J connectivity index is 2.10. The van der Waals surface area contributed by atoms with Crippen LogP contribution in [0.25, 0.3) is 6.08 Å². The highest BCUT2D eigenvalue weighted by atomic mass is 16.5. The Morgan fingerprint density at radius 3 is 2.27 bits per heavy atom. The quantitative estimate of drug-likeness (QED) is 0.476. The summed E-state index contributed by atoms with van der Waals surface area (Å²) in [6.45, 7) is 12.1. The molecule has 4 nitrogen and oxygen atoms in total. The van der Waals surface area contributed by atoms with Gasteiger partial charge in [-0.1, -0.05) is 44.2 Å². The Hall–Kier alpha value is -3.14. The molecule has 0 unspecified atom stereocenters. The predicted molar refractivity (Wildman–Crippen MR) is 121 cm³/mol. The van der Waals surface area contributed by atoms with E-state index in [4.69, 9.17) is 4.74 Å². The second-order valence-electron chi connectivity index (χ2n) is 7.97. The fraction of sp³-hybridized carbons (Fsp3) is 0.308. The number of anilines is 1. The smallest absolute Gasteiger partial charge is 0.340 e. The average Bonchev–Trinajstić information content (AvgIpc) is 2.94. The summed E-state index contributed by atoms with van der Waals surface area (Å²) in [5.41, 5.74) is 6.37. The van der Waals surface area contributed by atoms with E-state index in [9.17, 15) is 9.59 Å². The van der Waals surface area contributed by atoms with E-state index in [1.54, 1.807) is 24.8 Å². The van der Waals surface area contributed by atoms with Crippen LogP contribution in [0.5, 0.6) is 0 Å². The van der Waals surface area contributed by atoms with Crippen LogP contribution in [0.2, 0.25) is 0 Å². The lowest BCUT2D eigenvalue weighted by Crippen LogP contribution is -2.24. The molecule has 1 aliphatic heterocycles. The molecule has 1 aliphatic rings. The standard InChI is InChI=1S/C26H29NO3/c1-7-30-26(29)24-19(6)27(22-13-8-17(4)18(5)14-22)25(28)23(24)15-20-9-11-21(12-10-20)16(2)3/h8-16H,7H2,1-6H3/b23-15-. The Morgan fingerprint density at radius 2 is 1.70 bits per heavy atom. The highest BCUT2D eigenvalue weighted by molar-refractivity contribution is 6.23. The molecule has 0 saturated heterocycles. The normalized spacial score (nSPS) is 15.5. The molecule has 0 fully saturated rings. The summed E-state index contributed by atoms with van der Waals surface area (Å²) in [7, 11) is 0. The Labute approximate surface area is 178 Å². The molecule has 1 heterocycles. The van der Waals surface area contributed by atoms with Crippen molar-refractivity contribution in [2.24, 2.45) is 0 Å². The van der Waals surface area contributed by atoms with Gasteiger partial charge in [0.2, 0.25) is 0 Å². The highest BCUT2D eigenvalue weighted by Gasteiger charge is 2.38. The maximum absolute atomic E-state index is 13.4. The molecule has 2 aromatic carbocycles. The fourth-order valence-electron chi connectivity index (χ4n) is 3.60. The van der Waals surface area contributed by atoms with Gasteiger partial charge in [0.25, 0.3) is 5.91 Å². The molecule has 30 heavy (non-hydrogen) atoms. The Morgan fingerprint density at radius 1 is 1.03 bits per heavy atom. The van der Waals surface area contributed by atoms with E-state index in [1.807, 2.05) is 44.2 Å². The first-order chi connectivity index (χ1) is 14.2. The average molecular weight is 404 g/mol. The number of ether oxygens (including phenoxy) is 1. The lowest BCUT2D eigenvalue weighted by atomic mass is 9.99. The van der Waals surface area contributed by atoms with Crippen molar-refractivity contribution in [3.8, 4) is 0 Å². The molecule has 3 rings (SSSR count). The topological polar surface area (TPSA) is 46.6 Å². The zero-order valence-corrected chi connectivity index (χ0v) is 18.6. The predicted octanol–water partition coefficient (Wildman–Crippen LogP) is 5.69. The molecule has 0 atom stereocenters. The van der Waals surface area contributed by atoms with E-state index in [1.165, 1.54) is 5.56 Å². The van der Waals surface area contributed by atoms with E-state index in [2.05, 4.69) is 26.0 Å². The minimum absolute atomic E-state index is 0.216. The summed E-state index contributed by atoms with van der Waals surface area (Å²) >= 11 is 0. The van der Waals surface area contributed by atoms with Crippen molar-refractivity contribution in [2.45, 2.75) is 47.5 Å². The van der Waals surface area contributed by atoms with Crippen LogP contribution < -0.4 is 4.90 Å². The number of amides is 1. The van der Waals surface area contributed by atoms with E-state index in [-0.39, 0.29) is 12.5 Å². The van der Waals surface area contributed by atoms with Gasteiger partial charge in [-0.3, -0.25) is 9.69 Å². The number of carbonyl (C=O) groups excluding carboxylic acids is 2. The van der Waals surface area contributed by atoms with Crippen molar-refractivity contribution >= 4 is 23.6 Å². The van der Waals surface area contributed by atoms with Crippen molar-refractivity contribution < 1.29 is 14.3 Å². The first-order valence-corrected chi connectivity index (χ1v) is 10.4. The Bertz CT molecular complexity index is 1040. The first kappa shape index (κ1) is 21.6. The van der Waals surface area contributed by atoms with Crippen LogP contribution in [-0.4, -0.2) is 18.5 Å². The molecule has 0 spiro atoms. The summed E-state index contributed by atoms with van der Waals surface area (Å²) in [6.07, 6.45) is 1.78. The minimum Gasteiger partial charge on any atom is -0.462 e. The summed E-state index contributed by atoms with van der Waals surface area (Å²) < 4.78 is 5.27. The van der Waals surface area contributed by atoms with Crippen LogP contribution >= 0.6 is 0 Å². The maximum Gasteiger partial charge on any atom is 0.340 e. The third kappa shape index (κ3) is 4.09. The number of allylic oxidation sites excluding steroid dienone is 1. The maximum atomic E-state index is 13.4. The highest BCUT2D eigenvalue weighted by Crippen LogP contribution is 2.36. The first-order valence-electron chi connectivity index (χ1n) is 10.4. The van der Waals surface area contributed by atoms with Crippen LogP contribution in [0.15, 0.2) is 59.3 Å². The molecule has 0 radical (unpaired) electrons. The summed E-state index contributed by atoms with van der Waals surface area (Å²) in [5.74, 6) is -0.260. The third-order valence-corrected chi connectivity index (χ3v) is 5.54. The van der Waals surface area contributed by atoms with E-state index < -0.39 is 5.97 Å². The monoisotopic (exact) mass is 403 g/mol. The van der Waals surface area contributed by atoms with Gasteiger partial charge in [-0.05, 0) is 74.1 Å². The molecule has 0 saturated carbocycles. The van der Waals surface area contributed by atoms with Crippen LogP contribution in [0, 0.1) is 13.8 Å². The molecule has 1 amide bonds. The third-order valence-electron chi connectivity index (χ3n) is 5.54. The van der Waals surface area contributed by atoms with Gasteiger partial charge in [0.05, 0.1) is 17.8 Å². The van der Waals surface area contributed by atoms with Gasteiger partial charge in [-0.25, -0.2) is 4.79 Å². The Kier molecular flexibility index (Phi) is 6.25. The second-order valence-corrected chi connectivity index (χ2v) is 7.97. The summed E-state index contributed by atoms with van der Waals surface area (Å²) in [5, 5.41) is 0. The number of esters is 1. The van der Waals surface area contributed by atoms with Crippen molar-refractivity contribution in [2.75, 3.05) is 11.5 Å². The fourth-order valence-corrected chi connectivity index (χ4v) is 3.60. The number of hydrogen-bond acceptors (Lipinski definition) is 3.